The second-order valence-electron chi connectivity index (χ2n) is 6.88. The zero-order valence-electron chi connectivity index (χ0n) is 16.8. The minimum atomic E-state index is -0.974. The number of amidine groups is 1. The Hall–Kier alpha value is -3.58. The highest BCUT2D eigenvalue weighted by Crippen LogP contribution is 2.35. The van der Waals surface area contributed by atoms with Gasteiger partial charge in [0.1, 0.15) is 11.5 Å². The molecule has 0 saturated carbocycles. The van der Waals surface area contributed by atoms with Crippen LogP contribution in [0.4, 0.5) is 5.69 Å². The molecule has 0 radical (unpaired) electrons. The lowest BCUT2D eigenvalue weighted by Crippen LogP contribution is -2.29. The summed E-state index contributed by atoms with van der Waals surface area (Å²) in [5, 5.41) is 9.68. The number of benzene rings is 2. The van der Waals surface area contributed by atoms with Crippen LogP contribution in [0.3, 0.4) is 0 Å². The molecule has 1 aliphatic rings. The van der Waals surface area contributed by atoms with E-state index in [9.17, 15) is 9.59 Å². The maximum atomic E-state index is 12.9. The first-order valence-electron chi connectivity index (χ1n) is 9.84. The lowest BCUT2D eigenvalue weighted by molar-refractivity contribution is -0.122. The number of hydrogen-bond acceptors (Lipinski definition) is 5. The second kappa shape index (κ2) is 9.06. The fourth-order valence-corrected chi connectivity index (χ4v) is 4.12. The van der Waals surface area contributed by atoms with Crippen molar-refractivity contribution in [2.24, 2.45) is 4.99 Å². The van der Waals surface area contributed by atoms with Gasteiger partial charge < -0.3 is 9.52 Å². The smallest absolute Gasteiger partial charge is 0.335 e. The van der Waals surface area contributed by atoms with Crippen molar-refractivity contribution in [2.75, 3.05) is 6.54 Å². The predicted octanol–water partition coefficient (Wildman–Crippen LogP) is 5.66. The van der Waals surface area contributed by atoms with Crippen LogP contribution in [0.1, 0.15) is 29.5 Å². The molecule has 31 heavy (non-hydrogen) atoms. The van der Waals surface area contributed by atoms with Crippen molar-refractivity contribution in [3.63, 3.8) is 0 Å². The SMILES string of the molecule is CCCN1C(=O)C(=Cc2ccc(-c3ccc(C(=O)O)cc3)o2)SC1=Nc1ccccc1. The third kappa shape index (κ3) is 4.62. The van der Waals surface area contributed by atoms with E-state index in [1.54, 1.807) is 35.2 Å². The highest BCUT2D eigenvalue weighted by atomic mass is 32.2. The van der Waals surface area contributed by atoms with Crippen LogP contribution in [0, 0.1) is 0 Å². The Kier molecular flexibility index (Phi) is 6.04. The van der Waals surface area contributed by atoms with Crippen molar-refractivity contribution < 1.29 is 19.1 Å². The van der Waals surface area contributed by atoms with Crippen LogP contribution in [0.15, 0.2) is 81.0 Å². The molecule has 1 aliphatic heterocycles. The van der Waals surface area contributed by atoms with E-state index in [2.05, 4.69) is 4.99 Å². The largest absolute Gasteiger partial charge is 0.478 e. The number of carbonyl (C=O) groups excluding carboxylic acids is 1. The van der Waals surface area contributed by atoms with Gasteiger partial charge in [-0.15, -0.1) is 0 Å². The summed E-state index contributed by atoms with van der Waals surface area (Å²) in [4.78, 5) is 30.8. The second-order valence-corrected chi connectivity index (χ2v) is 7.89. The van der Waals surface area contributed by atoms with Gasteiger partial charge in [0.15, 0.2) is 5.17 Å². The van der Waals surface area contributed by atoms with E-state index < -0.39 is 5.97 Å². The van der Waals surface area contributed by atoms with E-state index in [-0.39, 0.29) is 11.5 Å². The van der Waals surface area contributed by atoms with Crippen LogP contribution < -0.4 is 0 Å². The zero-order chi connectivity index (χ0) is 21.8. The van der Waals surface area contributed by atoms with Gasteiger partial charge in [-0.1, -0.05) is 37.3 Å². The number of amides is 1. The Morgan fingerprint density at radius 3 is 2.52 bits per heavy atom. The van der Waals surface area contributed by atoms with E-state index in [0.29, 0.717) is 28.1 Å². The van der Waals surface area contributed by atoms with Gasteiger partial charge in [0.25, 0.3) is 5.91 Å². The van der Waals surface area contributed by atoms with E-state index in [0.717, 1.165) is 17.7 Å². The normalized spacial score (nSPS) is 16.4. The molecule has 3 aromatic rings. The maximum absolute atomic E-state index is 12.9. The Bertz CT molecular complexity index is 1160. The van der Waals surface area contributed by atoms with Gasteiger partial charge in [-0.25, -0.2) is 9.79 Å². The Balaban J connectivity index is 1.59. The molecule has 1 fully saturated rings. The van der Waals surface area contributed by atoms with Crippen molar-refractivity contribution in [3.05, 3.63) is 83.0 Å². The Labute approximate surface area is 183 Å². The summed E-state index contributed by atoms with van der Waals surface area (Å²) in [6, 6.07) is 19.6. The average molecular weight is 433 g/mol. The van der Waals surface area contributed by atoms with E-state index in [4.69, 9.17) is 9.52 Å². The fraction of sp³-hybridized carbons (Fsp3) is 0.125. The number of rotatable bonds is 6. The molecule has 0 aliphatic carbocycles. The topological polar surface area (TPSA) is 83.1 Å². The Morgan fingerprint density at radius 1 is 1.10 bits per heavy atom. The van der Waals surface area contributed by atoms with Gasteiger partial charge in [-0.05, 0) is 54.6 Å². The van der Waals surface area contributed by atoms with E-state index >= 15 is 0 Å². The summed E-state index contributed by atoms with van der Waals surface area (Å²) in [5.41, 5.74) is 1.77. The van der Waals surface area contributed by atoms with Crippen LogP contribution in [0.5, 0.6) is 0 Å². The lowest BCUT2D eigenvalue weighted by Gasteiger charge is -2.13. The molecule has 1 amide bonds. The molecule has 1 saturated heterocycles. The minimum absolute atomic E-state index is 0.0923. The summed E-state index contributed by atoms with van der Waals surface area (Å²) in [6.07, 6.45) is 2.54. The van der Waals surface area contributed by atoms with Crippen molar-refractivity contribution >= 4 is 40.6 Å². The molecule has 1 N–H and O–H groups in total. The standard InChI is InChI=1S/C24H20N2O4S/c1-2-14-26-22(27)21(31-24(26)25-18-6-4-3-5-7-18)15-19-12-13-20(30-19)16-8-10-17(11-9-16)23(28)29/h3-13,15H,2,14H2,1H3,(H,28,29). The molecular weight excluding hydrogens is 412 g/mol. The number of nitrogens with zero attached hydrogens (tertiary/aromatic N) is 2. The van der Waals surface area contributed by atoms with E-state index in [1.807, 2.05) is 37.3 Å². The molecule has 1 aromatic heterocycles. The number of hydrogen-bond donors (Lipinski definition) is 1. The van der Waals surface area contributed by atoms with Gasteiger partial charge in [-0.3, -0.25) is 9.69 Å². The highest BCUT2D eigenvalue weighted by Gasteiger charge is 2.33. The molecular formula is C24H20N2O4S. The molecule has 0 bridgehead atoms. The number of para-hydroxylation sites is 1. The number of thioether (sulfide) groups is 1. The monoisotopic (exact) mass is 432 g/mol. The van der Waals surface area contributed by atoms with Gasteiger partial charge in [0, 0.05) is 18.2 Å². The molecule has 2 aromatic carbocycles. The van der Waals surface area contributed by atoms with Crippen molar-refractivity contribution in [1.29, 1.82) is 0 Å². The van der Waals surface area contributed by atoms with Crippen LogP contribution in [0.2, 0.25) is 0 Å². The quantitative estimate of drug-likeness (QED) is 0.508. The van der Waals surface area contributed by atoms with Crippen molar-refractivity contribution in [1.82, 2.24) is 4.90 Å². The first kappa shape index (κ1) is 20.7. The number of carboxylic acid groups (broad SMARTS) is 1. The summed E-state index contributed by atoms with van der Waals surface area (Å²) < 4.78 is 5.88. The average Bonchev–Trinajstić information content (AvgIpc) is 3.35. The fourth-order valence-electron chi connectivity index (χ4n) is 3.12. The number of carboxylic acids is 1. The summed E-state index contributed by atoms with van der Waals surface area (Å²) in [5.74, 6) is 0.0801. The van der Waals surface area contributed by atoms with Crippen molar-refractivity contribution in [3.8, 4) is 11.3 Å². The van der Waals surface area contributed by atoms with Gasteiger partial charge >= 0.3 is 5.97 Å². The van der Waals surface area contributed by atoms with E-state index in [1.165, 1.54) is 23.9 Å². The minimum Gasteiger partial charge on any atom is -0.478 e. The predicted molar refractivity (Wildman–Crippen MR) is 122 cm³/mol. The molecule has 0 spiro atoms. The first-order chi connectivity index (χ1) is 15.0. The molecule has 7 heteroatoms. The van der Waals surface area contributed by atoms with Crippen molar-refractivity contribution in [2.45, 2.75) is 13.3 Å². The molecule has 2 heterocycles. The zero-order valence-corrected chi connectivity index (χ0v) is 17.6. The summed E-state index contributed by atoms with van der Waals surface area (Å²) >= 11 is 1.33. The number of aliphatic imine (C=N–C) groups is 1. The number of aromatic carboxylic acids is 1. The Morgan fingerprint density at radius 2 is 1.84 bits per heavy atom. The third-order valence-corrected chi connectivity index (χ3v) is 5.64. The highest BCUT2D eigenvalue weighted by molar-refractivity contribution is 8.18. The van der Waals surface area contributed by atoms with Gasteiger partial charge in [0.2, 0.25) is 0 Å². The van der Waals surface area contributed by atoms with Gasteiger partial charge in [-0.2, -0.15) is 0 Å². The number of furan rings is 1. The lowest BCUT2D eigenvalue weighted by atomic mass is 10.1. The van der Waals surface area contributed by atoms with Crippen LogP contribution in [0.25, 0.3) is 17.4 Å². The van der Waals surface area contributed by atoms with Crippen LogP contribution in [-0.4, -0.2) is 33.6 Å². The maximum Gasteiger partial charge on any atom is 0.335 e. The first-order valence-corrected chi connectivity index (χ1v) is 10.7. The van der Waals surface area contributed by atoms with Crippen LogP contribution in [-0.2, 0) is 4.79 Å². The molecule has 4 rings (SSSR count). The van der Waals surface area contributed by atoms with Crippen LogP contribution >= 0.6 is 11.8 Å². The number of carbonyl (C=O) groups is 2. The van der Waals surface area contributed by atoms with Gasteiger partial charge in [0.05, 0.1) is 16.2 Å². The molecule has 0 unspecified atom stereocenters. The summed E-state index contributed by atoms with van der Waals surface area (Å²) in [7, 11) is 0. The molecule has 156 valence electrons. The third-order valence-electron chi connectivity index (χ3n) is 4.63. The molecule has 0 atom stereocenters. The molecule has 6 nitrogen and oxygen atoms in total. The summed E-state index contributed by atoms with van der Waals surface area (Å²) in [6.45, 7) is 2.61.